The molecule has 0 saturated carbocycles. The van der Waals surface area contributed by atoms with Crippen molar-refractivity contribution in [1.82, 2.24) is 5.01 Å². The van der Waals surface area contributed by atoms with Crippen LogP contribution in [0.4, 0.5) is 0 Å². The topological polar surface area (TPSA) is 15.6 Å². The van der Waals surface area contributed by atoms with E-state index in [9.17, 15) is 0 Å². The minimum absolute atomic E-state index is 0.812. The predicted octanol–water partition coefficient (Wildman–Crippen LogP) is 4.50. The van der Waals surface area contributed by atoms with Crippen LogP contribution >= 0.6 is 0 Å². The normalized spacial score (nSPS) is 11.1. The molecule has 0 heterocycles. The zero-order valence-corrected chi connectivity index (χ0v) is 12.8. The summed E-state index contributed by atoms with van der Waals surface area (Å²) in [5.74, 6) is 0. The fraction of sp³-hybridized carbons (Fsp3) is 0.150. The minimum Gasteiger partial charge on any atom is -0.296 e. The van der Waals surface area contributed by atoms with Crippen molar-refractivity contribution >= 4 is 17.0 Å². The Balaban J connectivity index is 1.67. The molecule has 0 radical (unpaired) electrons. The van der Waals surface area contributed by atoms with Gasteiger partial charge in [-0.2, -0.15) is 5.10 Å². The summed E-state index contributed by atoms with van der Waals surface area (Å²) < 4.78 is 0. The van der Waals surface area contributed by atoms with Crippen LogP contribution in [-0.4, -0.2) is 18.3 Å². The molecule has 0 spiro atoms. The average Bonchev–Trinajstić information content (AvgIpc) is 2.56. The highest BCUT2D eigenvalue weighted by Gasteiger charge is 2.02. The third-order valence-electron chi connectivity index (χ3n) is 3.73. The van der Waals surface area contributed by atoms with Crippen molar-refractivity contribution < 1.29 is 0 Å². The third-order valence-corrected chi connectivity index (χ3v) is 3.73. The maximum atomic E-state index is 4.53. The van der Waals surface area contributed by atoms with Crippen LogP contribution in [0.15, 0.2) is 77.9 Å². The standard InChI is InChI=1S/C20H20N2/c1-22(21-15-14-17-8-3-2-4-9-17)16-19-12-7-11-18-10-5-6-13-20(18)19/h2-13,15H,14,16H2,1H3. The zero-order valence-electron chi connectivity index (χ0n) is 12.8. The molecule has 3 rings (SSSR count). The number of hydrogen-bond acceptors (Lipinski definition) is 2. The molecule has 2 heteroatoms. The van der Waals surface area contributed by atoms with E-state index in [0.717, 1.165) is 13.0 Å². The van der Waals surface area contributed by atoms with Gasteiger partial charge in [0.1, 0.15) is 0 Å². The number of hydrazone groups is 1. The zero-order chi connectivity index (χ0) is 15.2. The van der Waals surface area contributed by atoms with E-state index >= 15 is 0 Å². The third kappa shape index (κ3) is 3.53. The first-order valence-corrected chi connectivity index (χ1v) is 7.57. The summed E-state index contributed by atoms with van der Waals surface area (Å²) in [6.45, 7) is 0.812. The Bertz CT molecular complexity index is 758. The van der Waals surface area contributed by atoms with Gasteiger partial charge in [-0.05, 0) is 21.9 Å². The van der Waals surface area contributed by atoms with Gasteiger partial charge in [-0.3, -0.25) is 5.01 Å². The minimum atomic E-state index is 0.812. The van der Waals surface area contributed by atoms with Crippen LogP contribution in [0.1, 0.15) is 11.1 Å². The van der Waals surface area contributed by atoms with Gasteiger partial charge in [0.05, 0.1) is 6.54 Å². The Morgan fingerprint density at radius 3 is 2.45 bits per heavy atom. The van der Waals surface area contributed by atoms with Crippen molar-refractivity contribution in [2.45, 2.75) is 13.0 Å². The largest absolute Gasteiger partial charge is 0.296 e. The number of hydrogen-bond donors (Lipinski definition) is 0. The summed E-state index contributed by atoms with van der Waals surface area (Å²) >= 11 is 0. The molecule has 0 aliphatic heterocycles. The first kappa shape index (κ1) is 14.3. The van der Waals surface area contributed by atoms with Crippen LogP contribution in [0.5, 0.6) is 0 Å². The maximum absolute atomic E-state index is 4.53. The lowest BCUT2D eigenvalue weighted by molar-refractivity contribution is 0.349. The second-order valence-corrected chi connectivity index (χ2v) is 5.44. The van der Waals surface area contributed by atoms with Gasteiger partial charge >= 0.3 is 0 Å². The van der Waals surface area contributed by atoms with E-state index in [1.807, 2.05) is 24.3 Å². The van der Waals surface area contributed by atoms with Crippen molar-refractivity contribution in [2.24, 2.45) is 5.10 Å². The Morgan fingerprint density at radius 1 is 0.864 bits per heavy atom. The van der Waals surface area contributed by atoms with Crippen LogP contribution < -0.4 is 0 Å². The quantitative estimate of drug-likeness (QED) is 0.498. The van der Waals surface area contributed by atoms with E-state index in [1.165, 1.54) is 21.9 Å². The summed E-state index contributed by atoms with van der Waals surface area (Å²) in [5.41, 5.74) is 2.59. The summed E-state index contributed by atoms with van der Waals surface area (Å²) in [7, 11) is 2.02. The number of fused-ring (bicyclic) bond motifs is 1. The molecule has 0 atom stereocenters. The Hall–Kier alpha value is -2.61. The molecule has 0 N–H and O–H groups in total. The first-order valence-electron chi connectivity index (χ1n) is 7.57. The molecule has 110 valence electrons. The Kier molecular flexibility index (Phi) is 4.50. The van der Waals surface area contributed by atoms with E-state index in [1.54, 1.807) is 0 Å². The van der Waals surface area contributed by atoms with Crippen LogP contribution in [0.3, 0.4) is 0 Å². The fourth-order valence-corrected chi connectivity index (χ4v) is 2.62. The lowest BCUT2D eigenvalue weighted by Crippen LogP contribution is -2.11. The summed E-state index contributed by atoms with van der Waals surface area (Å²) in [4.78, 5) is 0. The number of benzene rings is 3. The van der Waals surface area contributed by atoms with E-state index < -0.39 is 0 Å². The molecule has 0 aromatic heterocycles. The van der Waals surface area contributed by atoms with E-state index in [2.05, 4.69) is 71.8 Å². The van der Waals surface area contributed by atoms with Crippen molar-refractivity contribution in [3.05, 3.63) is 83.9 Å². The summed E-state index contributed by atoms with van der Waals surface area (Å²) in [6, 6.07) is 25.3. The summed E-state index contributed by atoms with van der Waals surface area (Å²) in [6.07, 6.45) is 2.83. The lowest BCUT2D eigenvalue weighted by atomic mass is 10.0. The van der Waals surface area contributed by atoms with Gasteiger partial charge in [-0.15, -0.1) is 0 Å². The highest BCUT2D eigenvalue weighted by atomic mass is 15.4. The second kappa shape index (κ2) is 6.90. The SMILES string of the molecule is CN(Cc1cccc2ccccc12)N=CCc1ccccc1. The average molecular weight is 288 g/mol. The van der Waals surface area contributed by atoms with Gasteiger partial charge in [-0.25, -0.2) is 0 Å². The van der Waals surface area contributed by atoms with Crippen molar-refractivity contribution in [2.75, 3.05) is 7.05 Å². The number of rotatable bonds is 5. The van der Waals surface area contributed by atoms with Gasteiger partial charge in [0, 0.05) is 19.7 Å². The van der Waals surface area contributed by atoms with Gasteiger partial charge in [0.15, 0.2) is 0 Å². The maximum Gasteiger partial charge on any atom is 0.0613 e. The predicted molar refractivity (Wildman–Crippen MR) is 94.1 cm³/mol. The van der Waals surface area contributed by atoms with Gasteiger partial charge in [0.2, 0.25) is 0 Å². The molecular formula is C20H20N2. The Morgan fingerprint density at radius 2 is 1.59 bits per heavy atom. The number of nitrogens with zero attached hydrogens (tertiary/aromatic N) is 2. The van der Waals surface area contributed by atoms with Gasteiger partial charge < -0.3 is 0 Å². The monoisotopic (exact) mass is 288 g/mol. The van der Waals surface area contributed by atoms with Crippen molar-refractivity contribution in [3.63, 3.8) is 0 Å². The first-order chi connectivity index (χ1) is 10.8. The lowest BCUT2D eigenvalue weighted by Gasteiger charge is -2.14. The summed E-state index contributed by atoms with van der Waals surface area (Å²) in [5, 5.41) is 9.10. The molecule has 3 aromatic carbocycles. The molecule has 0 aliphatic carbocycles. The molecule has 0 saturated heterocycles. The molecule has 0 amide bonds. The molecule has 2 nitrogen and oxygen atoms in total. The highest BCUT2D eigenvalue weighted by molar-refractivity contribution is 5.85. The smallest absolute Gasteiger partial charge is 0.0613 e. The molecule has 3 aromatic rings. The Labute approximate surface area is 131 Å². The molecule has 22 heavy (non-hydrogen) atoms. The molecule has 0 unspecified atom stereocenters. The van der Waals surface area contributed by atoms with Crippen LogP contribution in [0, 0.1) is 0 Å². The van der Waals surface area contributed by atoms with Gasteiger partial charge in [-0.1, -0.05) is 72.8 Å². The van der Waals surface area contributed by atoms with E-state index in [4.69, 9.17) is 0 Å². The second-order valence-electron chi connectivity index (χ2n) is 5.44. The van der Waals surface area contributed by atoms with E-state index in [-0.39, 0.29) is 0 Å². The molecule has 0 aliphatic rings. The fourth-order valence-electron chi connectivity index (χ4n) is 2.62. The van der Waals surface area contributed by atoms with Crippen LogP contribution in [-0.2, 0) is 13.0 Å². The van der Waals surface area contributed by atoms with Crippen LogP contribution in [0.2, 0.25) is 0 Å². The van der Waals surface area contributed by atoms with Crippen molar-refractivity contribution in [3.8, 4) is 0 Å². The highest BCUT2D eigenvalue weighted by Crippen LogP contribution is 2.19. The van der Waals surface area contributed by atoms with E-state index in [0.29, 0.717) is 0 Å². The molecule has 0 bridgehead atoms. The van der Waals surface area contributed by atoms with Crippen LogP contribution in [0.25, 0.3) is 10.8 Å². The van der Waals surface area contributed by atoms with Crippen molar-refractivity contribution in [1.29, 1.82) is 0 Å². The molecule has 0 fully saturated rings. The molecular weight excluding hydrogens is 268 g/mol. The van der Waals surface area contributed by atoms with Gasteiger partial charge in [0.25, 0.3) is 0 Å².